The number of aromatic amines is 1. The number of para-hydroxylation sites is 1. The van der Waals surface area contributed by atoms with Crippen LogP contribution in [0.1, 0.15) is 50.1 Å². The predicted molar refractivity (Wildman–Crippen MR) is 130 cm³/mol. The minimum atomic E-state index is -0.926. The van der Waals surface area contributed by atoms with Crippen molar-refractivity contribution in [2.45, 2.75) is 52.3 Å². The predicted octanol–water partition coefficient (Wildman–Crippen LogP) is 5.03. The lowest BCUT2D eigenvalue weighted by molar-refractivity contribution is -0.134. The van der Waals surface area contributed by atoms with E-state index in [2.05, 4.69) is 52.7 Å². The number of ether oxygens (including phenoxy) is 1. The molecule has 0 spiro atoms. The van der Waals surface area contributed by atoms with Gasteiger partial charge < -0.3 is 14.8 Å². The van der Waals surface area contributed by atoms with Gasteiger partial charge in [0.1, 0.15) is 0 Å². The molecule has 0 aliphatic carbocycles. The number of carbonyl (C=O) groups is 1. The number of fused-ring (bicyclic) bond motifs is 1. The van der Waals surface area contributed by atoms with Gasteiger partial charge in [-0.1, -0.05) is 42.5 Å². The summed E-state index contributed by atoms with van der Waals surface area (Å²) in [4.78, 5) is 17.1. The second-order valence-electron chi connectivity index (χ2n) is 9.00. The lowest BCUT2D eigenvalue weighted by Gasteiger charge is -2.27. The van der Waals surface area contributed by atoms with Gasteiger partial charge in [0.25, 0.3) is 0 Å². The summed E-state index contributed by atoms with van der Waals surface area (Å²) in [5.74, 6) is -0.359. The number of hydrogen-bond donors (Lipinski definition) is 2. The Balaban J connectivity index is 1.75. The van der Waals surface area contributed by atoms with Gasteiger partial charge in [0.15, 0.2) is 0 Å². The van der Waals surface area contributed by atoms with Gasteiger partial charge in [-0.25, -0.2) is 4.79 Å². The number of carbonyl (C=O) groups excluding carboxylic acids is 1. The average molecular weight is 435 g/mol. The highest BCUT2D eigenvalue weighted by Crippen LogP contribution is 2.30. The first-order valence-electron chi connectivity index (χ1n) is 11.1. The van der Waals surface area contributed by atoms with Crippen LogP contribution in [0.5, 0.6) is 0 Å². The SMILES string of the molecule is COC(=O)/C=C/c1ccc(CN(CCc2c(C(C)(C)O)[nH]c3ccccc23)C(C)C)cc1. The number of esters is 1. The van der Waals surface area contributed by atoms with E-state index >= 15 is 0 Å². The second kappa shape index (κ2) is 10.2. The Morgan fingerprint density at radius 1 is 1.16 bits per heavy atom. The summed E-state index contributed by atoms with van der Waals surface area (Å²) >= 11 is 0. The van der Waals surface area contributed by atoms with Gasteiger partial charge >= 0.3 is 5.97 Å². The van der Waals surface area contributed by atoms with Crippen LogP contribution >= 0.6 is 0 Å². The van der Waals surface area contributed by atoms with Crippen molar-refractivity contribution < 1.29 is 14.6 Å². The monoisotopic (exact) mass is 434 g/mol. The molecular formula is C27H34N2O3. The molecule has 0 atom stereocenters. The molecule has 0 radical (unpaired) electrons. The lowest BCUT2D eigenvalue weighted by Crippen LogP contribution is -2.32. The topological polar surface area (TPSA) is 65.6 Å². The fourth-order valence-corrected chi connectivity index (χ4v) is 3.96. The number of methoxy groups -OCH3 is 1. The largest absolute Gasteiger partial charge is 0.466 e. The van der Waals surface area contributed by atoms with E-state index in [0.29, 0.717) is 6.04 Å². The zero-order chi connectivity index (χ0) is 23.3. The van der Waals surface area contributed by atoms with Gasteiger partial charge in [-0.15, -0.1) is 0 Å². The summed E-state index contributed by atoms with van der Waals surface area (Å²) in [6, 6.07) is 16.8. The molecule has 2 N–H and O–H groups in total. The molecule has 0 aliphatic heterocycles. The van der Waals surface area contributed by atoms with Crippen molar-refractivity contribution in [3.05, 3.63) is 77.0 Å². The van der Waals surface area contributed by atoms with Crippen molar-refractivity contribution in [1.82, 2.24) is 9.88 Å². The van der Waals surface area contributed by atoms with E-state index in [1.54, 1.807) is 6.08 Å². The number of aliphatic hydroxyl groups is 1. The van der Waals surface area contributed by atoms with E-state index < -0.39 is 5.60 Å². The Kier molecular flexibility index (Phi) is 7.54. The number of nitrogens with zero attached hydrogens (tertiary/aromatic N) is 1. The van der Waals surface area contributed by atoms with Crippen LogP contribution in [0.25, 0.3) is 17.0 Å². The molecule has 5 nitrogen and oxygen atoms in total. The summed E-state index contributed by atoms with van der Waals surface area (Å²) in [6.45, 7) is 9.79. The van der Waals surface area contributed by atoms with Crippen LogP contribution in [-0.2, 0) is 28.1 Å². The lowest BCUT2D eigenvalue weighted by atomic mass is 9.97. The molecule has 0 saturated heterocycles. The molecule has 1 heterocycles. The van der Waals surface area contributed by atoms with Crippen molar-refractivity contribution in [2.75, 3.05) is 13.7 Å². The highest BCUT2D eigenvalue weighted by Gasteiger charge is 2.24. The summed E-state index contributed by atoms with van der Waals surface area (Å²) in [7, 11) is 1.37. The number of benzene rings is 2. The third kappa shape index (κ3) is 5.87. The van der Waals surface area contributed by atoms with Crippen LogP contribution in [0.4, 0.5) is 0 Å². The maximum atomic E-state index is 11.3. The molecular weight excluding hydrogens is 400 g/mol. The van der Waals surface area contributed by atoms with Crippen LogP contribution in [-0.4, -0.2) is 40.7 Å². The molecule has 0 bridgehead atoms. The Hall–Kier alpha value is -2.89. The smallest absolute Gasteiger partial charge is 0.330 e. The molecule has 32 heavy (non-hydrogen) atoms. The van der Waals surface area contributed by atoms with Crippen molar-refractivity contribution in [2.24, 2.45) is 0 Å². The Labute approximate surface area is 190 Å². The number of hydrogen-bond acceptors (Lipinski definition) is 4. The minimum Gasteiger partial charge on any atom is -0.466 e. The van der Waals surface area contributed by atoms with Crippen LogP contribution in [0.2, 0.25) is 0 Å². The molecule has 0 amide bonds. The third-order valence-electron chi connectivity index (χ3n) is 5.78. The Morgan fingerprint density at radius 3 is 2.47 bits per heavy atom. The summed E-state index contributed by atoms with van der Waals surface area (Å²) in [5, 5.41) is 11.9. The minimum absolute atomic E-state index is 0.359. The van der Waals surface area contributed by atoms with E-state index in [9.17, 15) is 9.90 Å². The Morgan fingerprint density at radius 2 is 1.84 bits per heavy atom. The Bertz CT molecular complexity index is 1070. The average Bonchev–Trinajstić information content (AvgIpc) is 3.14. The van der Waals surface area contributed by atoms with E-state index in [1.165, 1.54) is 29.7 Å². The molecule has 0 saturated carbocycles. The van der Waals surface area contributed by atoms with Crippen molar-refractivity contribution in [1.29, 1.82) is 0 Å². The fraction of sp³-hybridized carbons (Fsp3) is 0.370. The molecule has 0 unspecified atom stereocenters. The van der Waals surface area contributed by atoms with E-state index in [0.717, 1.165) is 36.3 Å². The third-order valence-corrected chi connectivity index (χ3v) is 5.78. The van der Waals surface area contributed by atoms with Crippen molar-refractivity contribution >= 4 is 22.9 Å². The molecule has 2 aromatic carbocycles. The maximum absolute atomic E-state index is 11.3. The van der Waals surface area contributed by atoms with Crippen molar-refractivity contribution in [3.8, 4) is 0 Å². The molecule has 3 rings (SSSR count). The van der Waals surface area contributed by atoms with Crippen molar-refractivity contribution in [3.63, 3.8) is 0 Å². The normalized spacial score (nSPS) is 12.4. The zero-order valence-corrected chi connectivity index (χ0v) is 19.7. The highest BCUT2D eigenvalue weighted by atomic mass is 16.5. The van der Waals surface area contributed by atoms with Crippen LogP contribution in [0.3, 0.4) is 0 Å². The van der Waals surface area contributed by atoms with E-state index in [-0.39, 0.29) is 5.97 Å². The summed E-state index contributed by atoms with van der Waals surface area (Å²) in [6.07, 6.45) is 4.03. The van der Waals surface area contributed by atoms with Gasteiger partial charge in [-0.2, -0.15) is 0 Å². The van der Waals surface area contributed by atoms with E-state index in [4.69, 9.17) is 0 Å². The first-order valence-corrected chi connectivity index (χ1v) is 11.1. The first-order chi connectivity index (χ1) is 15.2. The maximum Gasteiger partial charge on any atom is 0.330 e. The molecule has 1 aromatic heterocycles. The number of rotatable bonds is 9. The quantitative estimate of drug-likeness (QED) is 0.366. The second-order valence-corrected chi connectivity index (χ2v) is 9.00. The van der Waals surface area contributed by atoms with Crippen LogP contribution < -0.4 is 0 Å². The van der Waals surface area contributed by atoms with Crippen LogP contribution in [0, 0.1) is 0 Å². The molecule has 5 heteroatoms. The zero-order valence-electron chi connectivity index (χ0n) is 19.7. The number of H-pyrrole nitrogens is 1. The number of nitrogens with one attached hydrogen (secondary N) is 1. The van der Waals surface area contributed by atoms with Gasteiger partial charge in [0.05, 0.1) is 18.4 Å². The molecule has 3 aromatic rings. The van der Waals surface area contributed by atoms with E-state index in [1.807, 2.05) is 38.1 Å². The molecule has 0 fully saturated rings. The number of aromatic nitrogens is 1. The fourth-order valence-electron chi connectivity index (χ4n) is 3.96. The summed E-state index contributed by atoms with van der Waals surface area (Å²) in [5.41, 5.74) is 4.39. The molecule has 0 aliphatic rings. The molecule has 170 valence electrons. The standard InChI is InChI=1S/C27H34N2O3/c1-19(2)29(18-21-12-10-20(11-13-21)14-15-25(30)32-5)17-16-23-22-8-6-7-9-24(22)28-26(23)27(3,4)31/h6-15,19,28,31H,16-18H2,1-5H3/b15-14+. The van der Waals surface area contributed by atoms with Gasteiger partial charge in [-0.05, 0) is 62.9 Å². The summed E-state index contributed by atoms with van der Waals surface area (Å²) < 4.78 is 4.64. The van der Waals surface area contributed by atoms with Gasteiger partial charge in [0.2, 0.25) is 0 Å². The van der Waals surface area contributed by atoms with Gasteiger partial charge in [0, 0.05) is 36.1 Å². The highest BCUT2D eigenvalue weighted by molar-refractivity contribution is 5.87. The first kappa shape index (κ1) is 23.8. The van der Waals surface area contributed by atoms with Gasteiger partial charge in [-0.3, -0.25) is 4.90 Å². The van der Waals surface area contributed by atoms with Crippen LogP contribution in [0.15, 0.2) is 54.6 Å².